The smallest absolute Gasteiger partial charge is 0.455 e. The maximum Gasteiger partial charge on any atom is 0.455 e. The first-order chi connectivity index (χ1) is 23.9. The first-order valence-electron chi connectivity index (χ1n) is 16.2. The lowest BCUT2D eigenvalue weighted by atomic mass is 9.64. The highest BCUT2D eigenvalue weighted by Crippen LogP contribution is 2.46. The number of Topliss-reactive ketones (excluding diaryl/α,β-unsaturated/α-hetero) is 1. The normalized spacial score (nSPS) is 18.9. The molecule has 3 aliphatic rings. The molecule has 238 valence electrons. The van der Waals surface area contributed by atoms with Crippen molar-refractivity contribution in [1.29, 1.82) is 0 Å². The highest BCUT2D eigenvalue weighted by atomic mass is 16.5. The van der Waals surface area contributed by atoms with Crippen molar-refractivity contribution in [3.05, 3.63) is 125 Å². The summed E-state index contributed by atoms with van der Waals surface area (Å²) in [6.45, 7) is -1.03. The maximum absolute atomic E-state index is 14.3. The molecule has 9 nitrogen and oxygen atoms in total. The Labute approximate surface area is 282 Å². The van der Waals surface area contributed by atoms with E-state index in [-0.39, 0.29) is 18.3 Å². The summed E-state index contributed by atoms with van der Waals surface area (Å²) in [7, 11) is 3.24. The van der Waals surface area contributed by atoms with Crippen molar-refractivity contribution in [2.75, 3.05) is 29.6 Å². The van der Waals surface area contributed by atoms with Gasteiger partial charge in [0, 0.05) is 32.9 Å². The fourth-order valence-corrected chi connectivity index (χ4v) is 7.56. The standard InChI is InChI=1S/C38H30B2N4O5/c1-48-25-15-11-23(12-16-25)39-41-29-7-3-5-21-9-19-27(35(43-39)31(21)29)33-37(45)34(38(33)46)28-20-10-22-6-4-8-30-32(22)36(28)44(47)40(42-30)24-13-17-26(49-2)18-14-24/h3-20,33,37,41,43,45,47H,1-2H3/b34-28-. The molecule has 2 heterocycles. The van der Waals surface area contributed by atoms with Gasteiger partial charge in [-0.05, 0) is 63.7 Å². The predicted molar refractivity (Wildman–Crippen MR) is 194 cm³/mol. The molecule has 2 atom stereocenters. The second-order valence-electron chi connectivity index (χ2n) is 12.6. The third kappa shape index (κ3) is 4.43. The van der Waals surface area contributed by atoms with Gasteiger partial charge >= 0.3 is 14.0 Å². The van der Waals surface area contributed by atoms with Crippen molar-refractivity contribution < 1.29 is 24.6 Å². The van der Waals surface area contributed by atoms with Gasteiger partial charge in [0.2, 0.25) is 0 Å². The number of carbonyl (C=O) groups is 1. The van der Waals surface area contributed by atoms with Gasteiger partial charge in [0.25, 0.3) is 0 Å². The van der Waals surface area contributed by atoms with Crippen molar-refractivity contribution in [2.45, 2.75) is 12.0 Å². The zero-order valence-electron chi connectivity index (χ0n) is 26.7. The molecule has 0 aromatic heterocycles. The lowest BCUT2D eigenvalue weighted by Gasteiger charge is -2.38. The molecule has 1 aliphatic carbocycles. The number of aliphatic hydroxyl groups is 1. The van der Waals surface area contributed by atoms with E-state index >= 15 is 0 Å². The molecule has 2 aliphatic heterocycles. The Morgan fingerprint density at radius 2 is 1.41 bits per heavy atom. The molecule has 2 unspecified atom stereocenters. The van der Waals surface area contributed by atoms with E-state index in [1.165, 1.54) is 0 Å². The number of anilines is 3. The van der Waals surface area contributed by atoms with Crippen LogP contribution in [0.3, 0.4) is 0 Å². The minimum absolute atomic E-state index is 0.188. The van der Waals surface area contributed by atoms with E-state index in [1.807, 2.05) is 109 Å². The van der Waals surface area contributed by atoms with E-state index in [4.69, 9.17) is 14.4 Å². The average molecular weight is 644 g/mol. The van der Waals surface area contributed by atoms with Gasteiger partial charge in [-0.1, -0.05) is 72.8 Å². The number of ketones is 1. The second-order valence-corrected chi connectivity index (χ2v) is 12.6. The van der Waals surface area contributed by atoms with Gasteiger partial charge in [0.05, 0.1) is 37.3 Å². The Bertz CT molecular complexity index is 2460. The number of rotatable bonds is 5. The fraction of sp³-hybridized carbons (Fsp3) is 0.105. The molecule has 1 fully saturated rings. The van der Waals surface area contributed by atoms with Crippen molar-refractivity contribution in [3.63, 3.8) is 0 Å². The van der Waals surface area contributed by atoms with Gasteiger partial charge in [-0.15, -0.1) is 0 Å². The molecule has 1 saturated carbocycles. The summed E-state index contributed by atoms with van der Waals surface area (Å²) in [5, 5.41) is 35.7. The van der Waals surface area contributed by atoms with Crippen LogP contribution in [-0.4, -0.2) is 50.4 Å². The SMILES string of the molecule is COc1ccc(B2Nc3cccc4ccc(C5C(=O)/C(=c6/ccc7cccc8c7c6N(O)B(c6ccc(OC)cc6)N=8)C5O)c(c34)N2)cc1. The molecule has 6 aromatic rings. The number of hydrogen-bond donors (Lipinski definition) is 4. The number of hydrogen-bond acceptors (Lipinski definition) is 9. The zero-order valence-corrected chi connectivity index (χ0v) is 26.7. The van der Waals surface area contributed by atoms with Crippen molar-refractivity contribution >= 4 is 74.9 Å². The highest BCUT2D eigenvalue weighted by Gasteiger charge is 2.48. The van der Waals surface area contributed by atoms with Crippen LogP contribution in [0.15, 0.2) is 114 Å². The van der Waals surface area contributed by atoms with E-state index in [0.29, 0.717) is 22.0 Å². The van der Waals surface area contributed by atoms with E-state index in [1.54, 1.807) is 14.2 Å². The Balaban J connectivity index is 1.16. The second kappa shape index (κ2) is 11.2. The Morgan fingerprint density at radius 1 is 0.755 bits per heavy atom. The molecule has 4 N–H and O–H groups in total. The topological polar surface area (TPSA) is 116 Å². The van der Waals surface area contributed by atoms with Crippen LogP contribution in [0.4, 0.5) is 17.1 Å². The van der Waals surface area contributed by atoms with E-state index in [2.05, 4.69) is 10.5 Å². The molecular weight excluding hydrogens is 614 g/mol. The van der Waals surface area contributed by atoms with E-state index in [0.717, 1.165) is 60.1 Å². The average Bonchev–Trinajstić information content (AvgIpc) is 3.14. The van der Waals surface area contributed by atoms with Gasteiger partial charge in [0.15, 0.2) is 5.78 Å². The Kier molecular flexibility index (Phi) is 6.69. The summed E-state index contributed by atoms with van der Waals surface area (Å²) in [6, 6.07) is 34.7. The molecule has 0 spiro atoms. The first-order valence-corrected chi connectivity index (χ1v) is 16.2. The van der Waals surface area contributed by atoms with Crippen LogP contribution in [-0.2, 0) is 4.79 Å². The van der Waals surface area contributed by atoms with Gasteiger partial charge < -0.3 is 29.9 Å². The molecule has 0 amide bonds. The minimum atomic E-state index is -1.10. The van der Waals surface area contributed by atoms with Crippen LogP contribution >= 0.6 is 0 Å². The molecule has 9 rings (SSSR count). The minimum Gasteiger partial charge on any atom is -0.497 e. The summed E-state index contributed by atoms with van der Waals surface area (Å²) >= 11 is 0. The van der Waals surface area contributed by atoms with E-state index in [9.17, 15) is 15.1 Å². The molecular formula is C38H30B2N4O5. The monoisotopic (exact) mass is 644 g/mol. The third-order valence-electron chi connectivity index (χ3n) is 10.0. The Hall–Kier alpha value is -5.77. The first kappa shape index (κ1) is 29.4. The summed E-state index contributed by atoms with van der Waals surface area (Å²) in [5.74, 6) is 0.476. The number of ether oxygens (including phenoxy) is 2. The number of carbonyl (C=O) groups excluding carboxylic acids is 1. The van der Waals surface area contributed by atoms with Gasteiger partial charge in [-0.2, -0.15) is 0 Å². The number of nitrogens with one attached hydrogen (secondary N) is 2. The van der Waals surface area contributed by atoms with Crippen LogP contribution in [0.5, 0.6) is 11.5 Å². The van der Waals surface area contributed by atoms with Crippen LogP contribution < -0.4 is 46.4 Å². The summed E-state index contributed by atoms with van der Waals surface area (Å²) in [4.78, 5) is 20.3. The lowest BCUT2D eigenvalue weighted by Crippen LogP contribution is -2.53. The number of benzene rings is 6. The molecule has 0 radical (unpaired) electrons. The number of nitrogens with zero attached hydrogens (tertiary/aromatic N) is 2. The molecule has 0 saturated heterocycles. The van der Waals surface area contributed by atoms with Crippen molar-refractivity contribution in [1.82, 2.24) is 0 Å². The van der Waals surface area contributed by atoms with Crippen LogP contribution in [0.2, 0.25) is 0 Å². The van der Waals surface area contributed by atoms with Crippen molar-refractivity contribution in [2.24, 2.45) is 4.90 Å². The van der Waals surface area contributed by atoms with Crippen LogP contribution in [0.25, 0.3) is 27.1 Å². The summed E-state index contributed by atoms with van der Waals surface area (Å²) in [5.41, 5.74) is 4.95. The molecule has 11 heteroatoms. The van der Waals surface area contributed by atoms with Gasteiger partial charge in [-0.25, -0.2) is 0 Å². The molecule has 49 heavy (non-hydrogen) atoms. The van der Waals surface area contributed by atoms with Gasteiger partial charge in [-0.3, -0.25) is 15.0 Å². The van der Waals surface area contributed by atoms with Crippen LogP contribution in [0.1, 0.15) is 11.5 Å². The molecule has 0 bridgehead atoms. The number of aliphatic hydroxyl groups excluding tert-OH is 1. The predicted octanol–water partition coefficient (Wildman–Crippen LogP) is 3.35. The zero-order chi connectivity index (χ0) is 33.4. The van der Waals surface area contributed by atoms with E-state index < -0.39 is 19.0 Å². The molecule has 6 aromatic carbocycles. The fourth-order valence-electron chi connectivity index (χ4n) is 7.56. The summed E-state index contributed by atoms with van der Waals surface area (Å²) in [6.07, 6.45) is -1.10. The van der Waals surface area contributed by atoms with Crippen molar-refractivity contribution in [3.8, 4) is 11.5 Å². The lowest BCUT2D eigenvalue weighted by molar-refractivity contribution is -0.122. The maximum atomic E-state index is 14.3. The van der Waals surface area contributed by atoms with Gasteiger partial charge in [0.1, 0.15) is 11.5 Å². The van der Waals surface area contributed by atoms with Crippen LogP contribution in [0, 0.1) is 0 Å². The highest BCUT2D eigenvalue weighted by molar-refractivity contribution is 6.80. The Morgan fingerprint density at radius 3 is 2.10 bits per heavy atom. The summed E-state index contributed by atoms with van der Waals surface area (Å²) < 4.78 is 10.7. The third-order valence-corrected chi connectivity index (χ3v) is 10.0. The number of methoxy groups -OCH3 is 2. The largest absolute Gasteiger partial charge is 0.497 e. The quantitative estimate of drug-likeness (QED) is 0.212.